The molecule has 0 aromatic heterocycles. The van der Waals surface area contributed by atoms with E-state index in [1.165, 1.54) is 4.90 Å². The number of methoxy groups -OCH3 is 1. The summed E-state index contributed by atoms with van der Waals surface area (Å²) in [6.07, 6.45) is 1.70. The van der Waals surface area contributed by atoms with Crippen LogP contribution in [0.4, 0.5) is 4.79 Å². The van der Waals surface area contributed by atoms with E-state index in [1.807, 2.05) is 54.6 Å². The SMILES string of the molecule is COc1ccccc1/C=C1\SC(=O)N(Cc2ccccc2)C1=O. The van der Waals surface area contributed by atoms with Crippen LogP contribution in [0, 0.1) is 0 Å². The molecule has 1 saturated heterocycles. The van der Waals surface area contributed by atoms with E-state index in [9.17, 15) is 9.59 Å². The van der Waals surface area contributed by atoms with E-state index in [-0.39, 0.29) is 17.7 Å². The Morgan fingerprint density at radius 1 is 1.04 bits per heavy atom. The maximum absolute atomic E-state index is 12.5. The average molecular weight is 325 g/mol. The minimum Gasteiger partial charge on any atom is -0.496 e. The van der Waals surface area contributed by atoms with Crippen molar-refractivity contribution in [1.82, 2.24) is 4.90 Å². The molecule has 0 spiro atoms. The summed E-state index contributed by atoms with van der Waals surface area (Å²) in [5, 5.41) is -0.250. The van der Waals surface area contributed by atoms with Gasteiger partial charge in [0.25, 0.3) is 11.1 Å². The predicted octanol–water partition coefficient (Wildman–Crippen LogP) is 3.93. The molecular formula is C18H15NO3S. The minimum absolute atomic E-state index is 0.250. The summed E-state index contributed by atoms with van der Waals surface area (Å²) in [6.45, 7) is 0.286. The van der Waals surface area contributed by atoms with Crippen LogP contribution < -0.4 is 4.74 Å². The molecular weight excluding hydrogens is 310 g/mol. The van der Waals surface area contributed by atoms with Crippen LogP contribution in [0.2, 0.25) is 0 Å². The molecule has 2 amide bonds. The number of carbonyl (C=O) groups is 2. The number of hydrogen-bond acceptors (Lipinski definition) is 4. The number of hydrogen-bond donors (Lipinski definition) is 0. The third kappa shape index (κ3) is 3.29. The molecule has 23 heavy (non-hydrogen) atoms. The highest BCUT2D eigenvalue weighted by atomic mass is 32.2. The maximum atomic E-state index is 12.5. The Balaban J connectivity index is 1.85. The lowest BCUT2D eigenvalue weighted by Crippen LogP contribution is -2.27. The highest BCUT2D eigenvalue weighted by Crippen LogP contribution is 2.34. The number of para-hydroxylation sites is 1. The molecule has 0 unspecified atom stereocenters. The van der Waals surface area contributed by atoms with Gasteiger partial charge in [-0.2, -0.15) is 0 Å². The molecule has 0 saturated carbocycles. The fourth-order valence-corrected chi connectivity index (χ4v) is 3.16. The third-order valence-corrected chi connectivity index (χ3v) is 4.39. The lowest BCUT2D eigenvalue weighted by molar-refractivity contribution is -0.123. The lowest BCUT2D eigenvalue weighted by atomic mass is 10.2. The van der Waals surface area contributed by atoms with Crippen molar-refractivity contribution in [3.63, 3.8) is 0 Å². The van der Waals surface area contributed by atoms with Crippen molar-refractivity contribution in [1.29, 1.82) is 0 Å². The van der Waals surface area contributed by atoms with Gasteiger partial charge in [-0.15, -0.1) is 0 Å². The van der Waals surface area contributed by atoms with E-state index >= 15 is 0 Å². The molecule has 0 radical (unpaired) electrons. The number of ether oxygens (including phenoxy) is 1. The molecule has 0 N–H and O–H groups in total. The first kappa shape index (κ1) is 15.4. The monoisotopic (exact) mass is 325 g/mol. The van der Waals surface area contributed by atoms with Gasteiger partial charge in [0.05, 0.1) is 18.6 Å². The summed E-state index contributed by atoms with van der Waals surface area (Å²) in [7, 11) is 1.58. The summed E-state index contributed by atoms with van der Waals surface area (Å²) in [6, 6.07) is 16.9. The zero-order valence-electron chi connectivity index (χ0n) is 12.6. The Labute approximate surface area is 138 Å². The Morgan fingerprint density at radius 3 is 2.48 bits per heavy atom. The molecule has 2 aromatic rings. The standard InChI is InChI=1S/C18H15NO3S/c1-22-15-10-6-5-9-14(15)11-16-17(20)19(18(21)23-16)12-13-7-3-2-4-8-13/h2-11H,12H2,1H3/b16-11-. The van der Waals surface area contributed by atoms with Gasteiger partial charge in [-0.05, 0) is 29.5 Å². The zero-order chi connectivity index (χ0) is 16.2. The van der Waals surface area contributed by atoms with Crippen molar-refractivity contribution in [2.24, 2.45) is 0 Å². The average Bonchev–Trinajstić information content (AvgIpc) is 2.84. The number of thioether (sulfide) groups is 1. The van der Waals surface area contributed by atoms with E-state index in [2.05, 4.69) is 0 Å². The predicted molar refractivity (Wildman–Crippen MR) is 91.0 cm³/mol. The van der Waals surface area contributed by atoms with Crippen molar-refractivity contribution in [3.05, 3.63) is 70.6 Å². The first-order chi connectivity index (χ1) is 11.2. The number of carbonyl (C=O) groups excluding carboxylic acids is 2. The van der Waals surface area contributed by atoms with Gasteiger partial charge < -0.3 is 4.74 Å². The number of imide groups is 1. The van der Waals surface area contributed by atoms with Crippen LogP contribution in [-0.4, -0.2) is 23.2 Å². The van der Waals surface area contributed by atoms with Crippen LogP contribution in [0.3, 0.4) is 0 Å². The molecule has 0 bridgehead atoms. The van der Waals surface area contributed by atoms with E-state index < -0.39 is 0 Å². The Kier molecular flexibility index (Phi) is 4.48. The van der Waals surface area contributed by atoms with E-state index in [0.29, 0.717) is 10.7 Å². The molecule has 0 aliphatic carbocycles. The van der Waals surface area contributed by atoms with Crippen LogP contribution in [0.5, 0.6) is 5.75 Å². The minimum atomic E-state index is -0.269. The summed E-state index contributed by atoms with van der Waals surface area (Å²) >= 11 is 0.958. The molecule has 0 atom stereocenters. The van der Waals surface area contributed by atoms with Crippen LogP contribution in [0.25, 0.3) is 6.08 Å². The van der Waals surface area contributed by atoms with E-state index in [4.69, 9.17) is 4.74 Å². The van der Waals surface area contributed by atoms with Crippen molar-refractivity contribution in [2.75, 3.05) is 7.11 Å². The van der Waals surface area contributed by atoms with Gasteiger partial charge in [0.1, 0.15) is 5.75 Å². The summed E-state index contributed by atoms with van der Waals surface area (Å²) in [5.74, 6) is 0.400. The molecule has 3 rings (SSSR count). The molecule has 1 fully saturated rings. The number of nitrogens with zero attached hydrogens (tertiary/aromatic N) is 1. The normalized spacial score (nSPS) is 16.2. The quantitative estimate of drug-likeness (QED) is 0.799. The highest BCUT2D eigenvalue weighted by Gasteiger charge is 2.35. The van der Waals surface area contributed by atoms with Crippen LogP contribution in [0.1, 0.15) is 11.1 Å². The largest absolute Gasteiger partial charge is 0.496 e. The topological polar surface area (TPSA) is 46.6 Å². The fraction of sp³-hybridized carbons (Fsp3) is 0.111. The molecule has 1 aliphatic rings. The summed E-state index contributed by atoms with van der Waals surface area (Å²) < 4.78 is 5.28. The molecule has 5 heteroatoms. The van der Waals surface area contributed by atoms with Crippen LogP contribution >= 0.6 is 11.8 Å². The molecule has 4 nitrogen and oxygen atoms in total. The zero-order valence-corrected chi connectivity index (χ0v) is 13.4. The van der Waals surface area contributed by atoms with Crippen molar-refractivity contribution in [2.45, 2.75) is 6.54 Å². The summed E-state index contributed by atoms with van der Waals surface area (Å²) in [4.78, 5) is 26.3. The van der Waals surface area contributed by atoms with Crippen LogP contribution in [-0.2, 0) is 11.3 Å². The first-order valence-electron chi connectivity index (χ1n) is 7.11. The van der Waals surface area contributed by atoms with Crippen molar-refractivity contribution >= 4 is 29.0 Å². The lowest BCUT2D eigenvalue weighted by Gasteiger charge is -2.12. The number of rotatable bonds is 4. The molecule has 116 valence electrons. The van der Waals surface area contributed by atoms with Crippen molar-refractivity contribution < 1.29 is 14.3 Å². The first-order valence-corrected chi connectivity index (χ1v) is 7.93. The highest BCUT2D eigenvalue weighted by molar-refractivity contribution is 8.18. The van der Waals surface area contributed by atoms with Gasteiger partial charge in [-0.25, -0.2) is 0 Å². The van der Waals surface area contributed by atoms with Gasteiger partial charge in [0, 0.05) is 5.56 Å². The van der Waals surface area contributed by atoms with Gasteiger partial charge >= 0.3 is 0 Å². The molecule has 2 aromatic carbocycles. The van der Waals surface area contributed by atoms with Gasteiger partial charge in [-0.1, -0.05) is 48.5 Å². The second kappa shape index (κ2) is 6.71. The second-order valence-electron chi connectivity index (χ2n) is 5.00. The van der Waals surface area contributed by atoms with Crippen LogP contribution in [0.15, 0.2) is 59.5 Å². The molecule has 1 aliphatic heterocycles. The molecule has 1 heterocycles. The Bertz CT molecular complexity index is 771. The van der Waals surface area contributed by atoms with Gasteiger partial charge in [0.15, 0.2) is 0 Å². The summed E-state index contributed by atoms with van der Waals surface area (Å²) in [5.41, 5.74) is 1.70. The van der Waals surface area contributed by atoms with Gasteiger partial charge in [0.2, 0.25) is 0 Å². The third-order valence-electron chi connectivity index (χ3n) is 3.48. The second-order valence-corrected chi connectivity index (χ2v) is 5.99. The Morgan fingerprint density at radius 2 is 1.74 bits per heavy atom. The van der Waals surface area contributed by atoms with Gasteiger partial charge in [-0.3, -0.25) is 14.5 Å². The van der Waals surface area contributed by atoms with E-state index in [0.717, 1.165) is 22.9 Å². The maximum Gasteiger partial charge on any atom is 0.293 e. The number of amides is 2. The Hall–Kier alpha value is -2.53. The fourth-order valence-electron chi connectivity index (χ4n) is 2.33. The van der Waals surface area contributed by atoms with Crippen molar-refractivity contribution in [3.8, 4) is 5.75 Å². The van der Waals surface area contributed by atoms with E-state index in [1.54, 1.807) is 13.2 Å². The smallest absolute Gasteiger partial charge is 0.293 e. The number of benzene rings is 2.